The number of carbonyl (C=O) groups excluding carboxylic acids is 2. The fraction of sp³-hybridized carbons (Fsp3) is 0.829. The molecule has 1 amide bonds. The summed E-state index contributed by atoms with van der Waals surface area (Å²) < 4.78 is 13.0. The highest BCUT2D eigenvalue weighted by Crippen LogP contribution is 2.72. The third-order valence-corrected chi connectivity index (χ3v) is 12.4. The van der Waals surface area contributed by atoms with Crippen molar-refractivity contribution in [2.24, 2.45) is 40.4 Å². The highest BCUT2D eigenvalue weighted by molar-refractivity contribution is 5.72. The summed E-state index contributed by atoms with van der Waals surface area (Å²) in [4.78, 5) is 23.5. The molecule has 7 unspecified atom stereocenters. The zero-order valence-corrected chi connectivity index (χ0v) is 26.4. The summed E-state index contributed by atoms with van der Waals surface area (Å²) in [7, 11) is 0. The molecule has 5 nitrogen and oxygen atoms in total. The van der Waals surface area contributed by atoms with Gasteiger partial charge in [-0.3, -0.25) is 9.59 Å². The number of fused-ring (bicyclic) bond motifs is 7. The Morgan fingerprint density at radius 1 is 1.18 bits per heavy atom. The normalized spacial score (nSPS) is 40.7. The number of allylic oxidation sites excluding steroid dienone is 2. The van der Waals surface area contributed by atoms with Crippen molar-refractivity contribution in [2.75, 3.05) is 6.54 Å². The first-order valence-corrected chi connectivity index (χ1v) is 16.5. The first-order valence-electron chi connectivity index (χ1n) is 16.5. The second-order valence-electron chi connectivity index (χ2n) is 14.8. The van der Waals surface area contributed by atoms with E-state index in [2.05, 4.69) is 46.0 Å². The predicted molar refractivity (Wildman–Crippen MR) is 159 cm³/mol. The second kappa shape index (κ2) is 11.1. The van der Waals surface area contributed by atoms with Crippen molar-refractivity contribution in [1.82, 2.24) is 5.32 Å². The van der Waals surface area contributed by atoms with E-state index in [0.717, 1.165) is 63.3 Å². The Morgan fingerprint density at radius 3 is 2.65 bits per heavy atom. The van der Waals surface area contributed by atoms with Gasteiger partial charge in [-0.1, -0.05) is 46.3 Å². The molecule has 224 valence electrons. The van der Waals surface area contributed by atoms with E-state index in [0.29, 0.717) is 29.6 Å². The van der Waals surface area contributed by atoms with Crippen LogP contribution < -0.4 is 5.32 Å². The van der Waals surface area contributed by atoms with E-state index in [-0.39, 0.29) is 29.0 Å². The minimum absolute atomic E-state index is 0.0221. The third-order valence-electron chi connectivity index (χ3n) is 12.4. The number of amides is 1. The molecule has 0 aromatic carbocycles. The first kappa shape index (κ1) is 29.7. The summed E-state index contributed by atoms with van der Waals surface area (Å²) in [6, 6.07) is 0. The van der Waals surface area contributed by atoms with Gasteiger partial charge in [0.1, 0.15) is 11.7 Å². The zero-order valence-electron chi connectivity index (χ0n) is 26.4. The monoisotopic (exact) mass is 553 g/mol. The van der Waals surface area contributed by atoms with Crippen LogP contribution in [0.3, 0.4) is 0 Å². The molecule has 5 rings (SSSR count). The number of hydrogen-bond acceptors (Lipinski definition) is 4. The van der Waals surface area contributed by atoms with Gasteiger partial charge < -0.3 is 14.8 Å². The van der Waals surface area contributed by atoms with E-state index < -0.39 is 0 Å². The van der Waals surface area contributed by atoms with Crippen LogP contribution in [0.2, 0.25) is 0 Å². The molecule has 3 saturated carbocycles. The average molecular weight is 554 g/mol. The van der Waals surface area contributed by atoms with E-state index >= 15 is 0 Å². The molecule has 0 spiro atoms. The van der Waals surface area contributed by atoms with Gasteiger partial charge in [0.2, 0.25) is 5.91 Å². The van der Waals surface area contributed by atoms with Crippen molar-refractivity contribution < 1.29 is 19.1 Å². The Kier molecular flexibility index (Phi) is 8.27. The second-order valence-corrected chi connectivity index (χ2v) is 14.8. The summed E-state index contributed by atoms with van der Waals surface area (Å²) in [5, 5.41) is 2.98. The minimum atomic E-state index is -0.0510. The lowest BCUT2D eigenvalue weighted by molar-refractivity contribution is -0.151. The molecule has 0 aromatic rings. The fourth-order valence-corrected chi connectivity index (χ4v) is 10.3. The average Bonchev–Trinajstić information content (AvgIpc) is 3.35. The van der Waals surface area contributed by atoms with Crippen molar-refractivity contribution in [3.05, 3.63) is 23.0 Å². The number of esters is 1. The van der Waals surface area contributed by atoms with Gasteiger partial charge in [-0.2, -0.15) is 0 Å². The van der Waals surface area contributed by atoms with Crippen molar-refractivity contribution in [3.63, 3.8) is 0 Å². The lowest BCUT2D eigenvalue weighted by Crippen LogP contribution is -2.50. The molecule has 1 N–H and O–H groups in total. The van der Waals surface area contributed by atoms with Gasteiger partial charge in [0, 0.05) is 38.6 Å². The summed E-state index contributed by atoms with van der Waals surface area (Å²) in [5.74, 6) is 4.38. The van der Waals surface area contributed by atoms with Gasteiger partial charge in [-0.05, 0) is 105 Å². The Morgan fingerprint density at radius 2 is 1.95 bits per heavy atom. The Bertz CT molecular complexity index is 1060. The standard InChI is InChI=1S/C35H55NO4/c1-8-10-31(38)39-26-15-17-33(6)25(19-26)12-13-27-28(33)16-18-34(7)29(27)20-35(9-2)32(34)23(4)30(40-35)14-11-22(3)21-36-24(5)37/h12,22,26-29,32H,8-11,13-21H2,1-7H3,(H,36,37)/t22?,26?,27?,28?,29?,32?,33-,34-,35?/m0/s1. The molecule has 1 aliphatic heterocycles. The predicted octanol–water partition coefficient (Wildman–Crippen LogP) is 7.89. The maximum absolute atomic E-state index is 12.2. The maximum Gasteiger partial charge on any atom is 0.306 e. The van der Waals surface area contributed by atoms with Crippen LogP contribution in [0.15, 0.2) is 23.0 Å². The lowest BCUT2D eigenvalue weighted by Gasteiger charge is -2.58. The quantitative estimate of drug-likeness (QED) is 0.233. The Balaban J connectivity index is 1.32. The summed E-state index contributed by atoms with van der Waals surface area (Å²) in [6.07, 6.45) is 15.2. The largest absolute Gasteiger partial charge is 0.491 e. The number of nitrogens with one attached hydrogen (secondary N) is 1. The molecule has 5 heteroatoms. The number of rotatable bonds is 9. The Hall–Kier alpha value is -1.78. The number of ether oxygens (including phenoxy) is 2. The van der Waals surface area contributed by atoms with Crippen LogP contribution in [-0.4, -0.2) is 30.1 Å². The SMILES string of the molecule is CCCC(=O)OC1CC[C@@]2(C)C(=CCC3C4CC5(CC)OC(CCC(C)CNC(C)=O)=C(C)C5[C@@]4(C)CCC32)C1. The molecule has 1 heterocycles. The molecular formula is C35H55NO4. The van der Waals surface area contributed by atoms with Gasteiger partial charge in [0.15, 0.2) is 0 Å². The van der Waals surface area contributed by atoms with E-state index in [9.17, 15) is 9.59 Å². The zero-order chi connectivity index (χ0) is 28.9. The maximum atomic E-state index is 12.2. The van der Waals surface area contributed by atoms with E-state index in [1.165, 1.54) is 37.0 Å². The highest BCUT2D eigenvalue weighted by atomic mass is 16.5. The fourth-order valence-electron chi connectivity index (χ4n) is 10.3. The van der Waals surface area contributed by atoms with Gasteiger partial charge >= 0.3 is 5.97 Å². The van der Waals surface area contributed by atoms with Crippen LogP contribution in [0.25, 0.3) is 0 Å². The van der Waals surface area contributed by atoms with Crippen molar-refractivity contribution in [1.29, 1.82) is 0 Å². The molecule has 4 aliphatic carbocycles. The van der Waals surface area contributed by atoms with Crippen LogP contribution in [0.1, 0.15) is 126 Å². The molecule has 0 saturated heterocycles. The molecular weight excluding hydrogens is 498 g/mol. The molecule has 5 aliphatic rings. The van der Waals surface area contributed by atoms with E-state index in [1.54, 1.807) is 12.5 Å². The van der Waals surface area contributed by atoms with Gasteiger partial charge in [0.05, 0.1) is 5.76 Å². The topological polar surface area (TPSA) is 64.6 Å². The van der Waals surface area contributed by atoms with Crippen LogP contribution in [0, 0.1) is 40.4 Å². The van der Waals surface area contributed by atoms with Crippen LogP contribution in [-0.2, 0) is 19.1 Å². The van der Waals surface area contributed by atoms with Gasteiger partial charge in [0.25, 0.3) is 0 Å². The summed E-state index contributed by atoms with van der Waals surface area (Å²) in [6.45, 7) is 16.5. The molecule has 3 fully saturated rings. The smallest absolute Gasteiger partial charge is 0.306 e. The number of carbonyl (C=O) groups is 2. The molecule has 9 atom stereocenters. The van der Waals surface area contributed by atoms with Crippen molar-refractivity contribution in [3.8, 4) is 0 Å². The number of hydrogen-bond donors (Lipinski definition) is 1. The van der Waals surface area contributed by atoms with Crippen molar-refractivity contribution >= 4 is 11.9 Å². The van der Waals surface area contributed by atoms with Gasteiger partial charge in [-0.25, -0.2) is 0 Å². The summed E-state index contributed by atoms with van der Waals surface area (Å²) >= 11 is 0. The highest BCUT2D eigenvalue weighted by Gasteiger charge is 2.68. The van der Waals surface area contributed by atoms with Crippen molar-refractivity contribution in [2.45, 2.75) is 137 Å². The van der Waals surface area contributed by atoms with Gasteiger partial charge in [-0.15, -0.1) is 0 Å². The molecule has 40 heavy (non-hydrogen) atoms. The van der Waals surface area contributed by atoms with E-state index in [1.807, 2.05) is 6.92 Å². The van der Waals surface area contributed by atoms with E-state index in [4.69, 9.17) is 9.47 Å². The summed E-state index contributed by atoms with van der Waals surface area (Å²) in [5.41, 5.74) is 3.58. The Labute approximate surface area is 243 Å². The third kappa shape index (κ3) is 4.96. The van der Waals surface area contributed by atoms with Crippen LogP contribution in [0.5, 0.6) is 0 Å². The lowest BCUT2D eigenvalue weighted by atomic mass is 9.47. The minimum Gasteiger partial charge on any atom is -0.491 e. The first-order chi connectivity index (χ1) is 19.0. The molecule has 0 aromatic heterocycles. The van der Waals surface area contributed by atoms with Crippen LogP contribution in [0.4, 0.5) is 0 Å². The molecule has 0 radical (unpaired) electrons. The van der Waals surface area contributed by atoms with Crippen LogP contribution >= 0.6 is 0 Å². The molecule has 0 bridgehead atoms.